The molecule has 8 nitrogen and oxygen atoms in total. The largest absolute Gasteiger partial charge is 0.493 e. The predicted molar refractivity (Wildman–Crippen MR) is 165 cm³/mol. The molecule has 1 aliphatic carbocycles. The van der Waals surface area contributed by atoms with E-state index in [1.807, 2.05) is 66.7 Å². The molecule has 0 saturated heterocycles. The minimum atomic E-state index is -1.76. The lowest BCUT2D eigenvalue weighted by Crippen LogP contribution is -2.49. The Balaban J connectivity index is 1.35. The van der Waals surface area contributed by atoms with Gasteiger partial charge in [-0.25, -0.2) is 4.99 Å². The van der Waals surface area contributed by atoms with Crippen LogP contribution in [0.5, 0.6) is 11.5 Å². The quantitative estimate of drug-likeness (QED) is 0.351. The number of nitrogens with zero attached hydrogens (tertiary/aromatic N) is 2. The van der Waals surface area contributed by atoms with Gasteiger partial charge in [-0.3, -0.25) is 9.59 Å². The summed E-state index contributed by atoms with van der Waals surface area (Å²) in [6.07, 6.45) is 1.89. The number of amides is 2. The first kappa shape index (κ1) is 30.4. The Kier molecular flexibility index (Phi) is 9.89. The number of aliphatic hydroxyl groups is 2. The first-order valence-corrected chi connectivity index (χ1v) is 15.0. The molecule has 1 saturated carbocycles. The van der Waals surface area contributed by atoms with E-state index in [4.69, 9.17) is 9.47 Å². The normalized spacial score (nSPS) is 17.1. The standard InChI is InChI=1S/C35H40N2O6/c1-42-30-20-27-17-18-37(22-28(27)21-31(30)43-2)35(41)33(39)32(38)29(36-34(40)26-11-7-4-8-12-26)19-23-13-15-25(16-14-23)24-9-5-3-6-10-24/h3,5-6,9-10,13-16,20-21,26,32-33,38-39H,4,7-8,11-12,17-19,22H2,1-2H3. The van der Waals surface area contributed by atoms with Gasteiger partial charge in [0.15, 0.2) is 17.6 Å². The monoisotopic (exact) mass is 584 g/mol. The summed E-state index contributed by atoms with van der Waals surface area (Å²) in [5, 5.41) is 22.5. The lowest BCUT2D eigenvalue weighted by atomic mass is 9.88. The molecule has 3 aromatic carbocycles. The number of carbonyl (C=O) groups is 2. The summed E-state index contributed by atoms with van der Waals surface area (Å²) in [6.45, 7) is 0.631. The number of aliphatic hydroxyl groups excluding tert-OH is 2. The van der Waals surface area contributed by atoms with Crippen molar-refractivity contribution < 1.29 is 29.3 Å². The SMILES string of the molecule is COc1cc2c(cc1OC)CN(C(=O)C(O)C(O)C(Cc1ccc(-c3ccccc3)cc1)=NC(=O)C1CCCCC1)CC2. The first-order chi connectivity index (χ1) is 20.9. The number of hydrogen-bond acceptors (Lipinski definition) is 6. The lowest BCUT2D eigenvalue weighted by molar-refractivity contribution is -0.145. The van der Waals surface area contributed by atoms with Crippen LogP contribution in [-0.4, -0.2) is 65.6 Å². The van der Waals surface area contributed by atoms with Crippen LogP contribution >= 0.6 is 0 Å². The van der Waals surface area contributed by atoms with Crippen molar-refractivity contribution in [1.29, 1.82) is 0 Å². The maximum Gasteiger partial charge on any atom is 0.254 e. The van der Waals surface area contributed by atoms with Crippen molar-refractivity contribution in [3.63, 3.8) is 0 Å². The minimum Gasteiger partial charge on any atom is -0.493 e. The Bertz CT molecular complexity index is 1450. The molecule has 0 aromatic heterocycles. The zero-order valence-electron chi connectivity index (χ0n) is 24.9. The van der Waals surface area contributed by atoms with Gasteiger partial charge >= 0.3 is 0 Å². The lowest BCUT2D eigenvalue weighted by Gasteiger charge is -2.32. The molecule has 0 spiro atoms. The molecule has 43 heavy (non-hydrogen) atoms. The van der Waals surface area contributed by atoms with Gasteiger partial charge in [0.25, 0.3) is 5.91 Å². The summed E-state index contributed by atoms with van der Waals surface area (Å²) in [5.41, 5.74) is 4.97. The number of fused-ring (bicyclic) bond motifs is 1. The second-order valence-corrected chi connectivity index (χ2v) is 11.4. The van der Waals surface area contributed by atoms with Crippen molar-refractivity contribution in [3.05, 3.63) is 83.4 Å². The molecule has 2 atom stereocenters. The van der Waals surface area contributed by atoms with Gasteiger partial charge < -0.3 is 24.6 Å². The van der Waals surface area contributed by atoms with Gasteiger partial charge in [0.2, 0.25) is 5.91 Å². The van der Waals surface area contributed by atoms with E-state index in [1.165, 1.54) is 4.90 Å². The summed E-state index contributed by atoms with van der Waals surface area (Å²) in [5.74, 6) is 0.0871. The van der Waals surface area contributed by atoms with Gasteiger partial charge in [-0.05, 0) is 59.2 Å². The number of hydrogen-bond donors (Lipinski definition) is 2. The second kappa shape index (κ2) is 14.0. The fourth-order valence-electron chi connectivity index (χ4n) is 6.02. The average molecular weight is 585 g/mol. The zero-order chi connectivity index (χ0) is 30.3. The highest BCUT2D eigenvalue weighted by molar-refractivity contribution is 6.02. The fourth-order valence-corrected chi connectivity index (χ4v) is 6.02. The van der Waals surface area contributed by atoms with Crippen LogP contribution < -0.4 is 9.47 Å². The van der Waals surface area contributed by atoms with Crippen molar-refractivity contribution in [2.75, 3.05) is 20.8 Å². The fraction of sp³-hybridized carbons (Fsp3) is 0.400. The van der Waals surface area contributed by atoms with E-state index in [9.17, 15) is 19.8 Å². The predicted octanol–water partition coefficient (Wildman–Crippen LogP) is 4.77. The summed E-state index contributed by atoms with van der Waals surface area (Å²) >= 11 is 0. The molecule has 226 valence electrons. The molecule has 2 aliphatic rings. The van der Waals surface area contributed by atoms with Crippen LogP contribution in [0.4, 0.5) is 0 Å². The molecule has 1 heterocycles. The van der Waals surface area contributed by atoms with Crippen molar-refractivity contribution in [2.45, 2.75) is 63.7 Å². The summed E-state index contributed by atoms with van der Waals surface area (Å²) in [4.78, 5) is 32.6. The van der Waals surface area contributed by atoms with Crippen molar-refractivity contribution in [1.82, 2.24) is 4.90 Å². The highest BCUT2D eigenvalue weighted by Crippen LogP contribution is 2.33. The Labute approximate surface area is 253 Å². The van der Waals surface area contributed by atoms with E-state index >= 15 is 0 Å². The van der Waals surface area contributed by atoms with Gasteiger partial charge in [-0.2, -0.15) is 0 Å². The summed E-state index contributed by atoms with van der Waals surface area (Å²) in [7, 11) is 3.14. The first-order valence-electron chi connectivity index (χ1n) is 15.0. The van der Waals surface area contributed by atoms with Crippen molar-refractivity contribution >= 4 is 17.5 Å². The smallest absolute Gasteiger partial charge is 0.254 e. The van der Waals surface area contributed by atoms with Crippen LogP contribution in [0.15, 0.2) is 71.7 Å². The molecule has 3 aromatic rings. The highest BCUT2D eigenvalue weighted by atomic mass is 16.5. The maximum atomic E-state index is 13.5. The van der Waals surface area contributed by atoms with Crippen LogP contribution in [0, 0.1) is 5.92 Å². The van der Waals surface area contributed by atoms with Crippen LogP contribution in [0.25, 0.3) is 11.1 Å². The second-order valence-electron chi connectivity index (χ2n) is 11.4. The van der Waals surface area contributed by atoms with Crippen molar-refractivity contribution in [3.8, 4) is 22.6 Å². The van der Waals surface area contributed by atoms with Gasteiger partial charge in [-0.15, -0.1) is 0 Å². The summed E-state index contributed by atoms with van der Waals surface area (Å²) < 4.78 is 10.8. The highest BCUT2D eigenvalue weighted by Gasteiger charge is 2.35. The van der Waals surface area contributed by atoms with Crippen molar-refractivity contribution in [2.24, 2.45) is 10.9 Å². The molecule has 2 N–H and O–H groups in total. The van der Waals surface area contributed by atoms with Crippen LogP contribution in [0.1, 0.15) is 48.8 Å². The van der Waals surface area contributed by atoms with Gasteiger partial charge in [0, 0.05) is 25.4 Å². The maximum absolute atomic E-state index is 13.5. The molecule has 1 fully saturated rings. The summed E-state index contributed by atoms with van der Waals surface area (Å²) in [6, 6.07) is 21.5. The molecule has 1 aliphatic heterocycles. The number of benzene rings is 3. The average Bonchev–Trinajstić information content (AvgIpc) is 3.07. The van der Waals surface area contributed by atoms with Gasteiger partial charge in [0.05, 0.1) is 19.9 Å². The number of aliphatic imine (C=N–C) groups is 1. The van der Waals surface area contributed by atoms with E-state index in [0.717, 1.165) is 59.9 Å². The third-order valence-electron chi connectivity index (χ3n) is 8.58. The number of methoxy groups -OCH3 is 2. The van der Waals surface area contributed by atoms with E-state index in [1.54, 1.807) is 14.2 Å². The topological polar surface area (TPSA) is 109 Å². The number of carbonyl (C=O) groups excluding carboxylic acids is 2. The van der Waals surface area contributed by atoms with Crippen LogP contribution in [-0.2, 0) is 29.0 Å². The molecule has 5 rings (SSSR count). The van der Waals surface area contributed by atoms with E-state index < -0.39 is 18.1 Å². The van der Waals surface area contributed by atoms with Gasteiger partial charge in [0.1, 0.15) is 6.10 Å². The van der Waals surface area contributed by atoms with E-state index in [-0.39, 0.29) is 30.5 Å². The third-order valence-corrected chi connectivity index (χ3v) is 8.58. The zero-order valence-corrected chi connectivity index (χ0v) is 24.9. The molecule has 2 amide bonds. The third kappa shape index (κ3) is 7.14. The molecule has 0 bridgehead atoms. The van der Waals surface area contributed by atoms with Crippen LogP contribution in [0.2, 0.25) is 0 Å². The molecule has 8 heteroatoms. The van der Waals surface area contributed by atoms with Crippen LogP contribution in [0.3, 0.4) is 0 Å². The molecule has 0 radical (unpaired) electrons. The Morgan fingerprint density at radius 3 is 2.14 bits per heavy atom. The van der Waals surface area contributed by atoms with E-state index in [2.05, 4.69) is 4.99 Å². The Morgan fingerprint density at radius 1 is 0.860 bits per heavy atom. The van der Waals surface area contributed by atoms with E-state index in [0.29, 0.717) is 24.5 Å². The molecular weight excluding hydrogens is 544 g/mol. The van der Waals surface area contributed by atoms with Gasteiger partial charge in [-0.1, -0.05) is 73.9 Å². The number of ether oxygens (including phenoxy) is 2. The number of rotatable bonds is 9. The Hall–Kier alpha value is -4.01. The Morgan fingerprint density at radius 2 is 1.49 bits per heavy atom. The minimum absolute atomic E-state index is 0.104. The molecular formula is C35H40N2O6. The molecule has 2 unspecified atom stereocenters.